The quantitative estimate of drug-likeness (QED) is 0.577. The average molecular weight is 465 g/mol. The molecule has 4 fully saturated rings. The van der Waals surface area contributed by atoms with Gasteiger partial charge in [0.1, 0.15) is 6.10 Å². The van der Waals surface area contributed by atoms with Crippen LogP contribution >= 0.6 is 0 Å². The minimum absolute atomic E-state index is 0.0719. The Balaban J connectivity index is 1.46. The maximum absolute atomic E-state index is 13.0. The first-order chi connectivity index (χ1) is 15.8. The molecule has 6 atom stereocenters. The van der Waals surface area contributed by atoms with Crippen LogP contribution in [0.2, 0.25) is 0 Å². The van der Waals surface area contributed by atoms with Crippen LogP contribution in [0.4, 0.5) is 4.79 Å². The molecule has 0 spiro atoms. The Morgan fingerprint density at radius 1 is 1.00 bits per heavy atom. The van der Waals surface area contributed by atoms with E-state index in [-0.39, 0.29) is 48.0 Å². The van der Waals surface area contributed by atoms with E-state index in [0.29, 0.717) is 19.3 Å². The van der Waals surface area contributed by atoms with Crippen molar-refractivity contribution < 1.29 is 24.5 Å². The summed E-state index contributed by atoms with van der Waals surface area (Å²) in [6.45, 7) is 5.79. The van der Waals surface area contributed by atoms with Gasteiger partial charge in [-0.3, -0.25) is 4.79 Å². The number of alkyl carbamates (subject to hydrolysis) is 1. The third-order valence-electron chi connectivity index (χ3n) is 9.71. The number of carbonyl (C=O) groups excluding carboxylic acids is 2. The van der Waals surface area contributed by atoms with Gasteiger partial charge in [0, 0.05) is 31.0 Å². The Bertz CT molecular complexity index is 705. The SMILES string of the molecule is C[C@]1(CO)[C@@H]2CC[C@@H](O)[C@@H](CC(=O)N3CCCC3)[C@]2(C)CC[C@H]1OC(=O)NC1CCCCC1. The molecule has 0 aromatic heterocycles. The Hall–Kier alpha value is -1.34. The lowest BCUT2D eigenvalue weighted by molar-refractivity contribution is -0.187. The van der Waals surface area contributed by atoms with Gasteiger partial charge in [-0.2, -0.15) is 0 Å². The third-order valence-corrected chi connectivity index (χ3v) is 9.71. The predicted molar refractivity (Wildman–Crippen MR) is 125 cm³/mol. The fourth-order valence-corrected chi connectivity index (χ4v) is 7.64. The van der Waals surface area contributed by atoms with E-state index < -0.39 is 11.5 Å². The molecule has 33 heavy (non-hydrogen) atoms. The van der Waals surface area contributed by atoms with Gasteiger partial charge in [0.2, 0.25) is 5.91 Å². The van der Waals surface area contributed by atoms with Crippen LogP contribution in [0.5, 0.6) is 0 Å². The van der Waals surface area contributed by atoms with Gasteiger partial charge in [-0.15, -0.1) is 0 Å². The van der Waals surface area contributed by atoms with Crippen LogP contribution in [0.25, 0.3) is 0 Å². The number of nitrogens with zero attached hydrogens (tertiary/aromatic N) is 1. The van der Waals surface area contributed by atoms with Crippen molar-refractivity contribution in [1.82, 2.24) is 10.2 Å². The summed E-state index contributed by atoms with van der Waals surface area (Å²) < 4.78 is 5.97. The highest BCUT2D eigenvalue weighted by Crippen LogP contribution is 2.61. The second kappa shape index (κ2) is 10.1. The second-order valence-corrected chi connectivity index (χ2v) is 11.7. The van der Waals surface area contributed by atoms with Gasteiger partial charge in [0.15, 0.2) is 0 Å². The van der Waals surface area contributed by atoms with Gasteiger partial charge in [0.05, 0.1) is 12.7 Å². The smallest absolute Gasteiger partial charge is 0.407 e. The Morgan fingerprint density at radius 2 is 1.70 bits per heavy atom. The third kappa shape index (κ3) is 4.90. The molecule has 0 aromatic rings. The van der Waals surface area contributed by atoms with Gasteiger partial charge >= 0.3 is 6.09 Å². The summed E-state index contributed by atoms with van der Waals surface area (Å²) in [6, 6.07) is 0.186. The normalized spacial score (nSPS) is 39.7. The number of hydrogen-bond acceptors (Lipinski definition) is 5. The number of aliphatic hydroxyl groups excluding tert-OH is 2. The lowest BCUT2D eigenvalue weighted by Gasteiger charge is -2.60. The van der Waals surface area contributed by atoms with Crippen molar-refractivity contribution in [3.8, 4) is 0 Å². The van der Waals surface area contributed by atoms with E-state index in [1.54, 1.807) is 0 Å². The van der Waals surface area contributed by atoms with Gasteiger partial charge in [-0.1, -0.05) is 33.1 Å². The van der Waals surface area contributed by atoms with Crippen LogP contribution < -0.4 is 5.32 Å². The van der Waals surface area contributed by atoms with Crippen molar-refractivity contribution >= 4 is 12.0 Å². The fraction of sp³-hybridized carbons (Fsp3) is 0.923. The Labute approximate surface area is 198 Å². The lowest BCUT2D eigenvalue weighted by atomic mass is 9.46. The number of aliphatic hydroxyl groups is 2. The molecular weight excluding hydrogens is 420 g/mol. The molecule has 0 radical (unpaired) electrons. The van der Waals surface area contributed by atoms with Gasteiger partial charge in [-0.05, 0) is 68.6 Å². The molecule has 2 amide bonds. The summed E-state index contributed by atoms with van der Waals surface area (Å²) in [5.41, 5.74) is -0.865. The van der Waals surface area contributed by atoms with Gasteiger partial charge in [0.25, 0.3) is 0 Å². The zero-order valence-corrected chi connectivity index (χ0v) is 20.6. The zero-order valence-electron chi connectivity index (χ0n) is 20.6. The Kier molecular flexibility index (Phi) is 7.59. The molecule has 0 bridgehead atoms. The van der Waals surface area contributed by atoms with Crippen LogP contribution in [0, 0.1) is 22.7 Å². The van der Waals surface area contributed by atoms with Crippen LogP contribution in [0.1, 0.15) is 90.9 Å². The maximum atomic E-state index is 13.0. The summed E-state index contributed by atoms with van der Waals surface area (Å²) in [5.74, 6) is 0.0950. The van der Waals surface area contributed by atoms with Crippen LogP contribution in [-0.2, 0) is 9.53 Å². The van der Waals surface area contributed by atoms with E-state index >= 15 is 0 Å². The number of rotatable bonds is 5. The largest absolute Gasteiger partial charge is 0.446 e. The van der Waals surface area contributed by atoms with Crippen molar-refractivity contribution in [2.24, 2.45) is 22.7 Å². The standard InChI is InChI=1S/C26H44N2O5/c1-25-13-12-22(33-24(32)27-18-8-4-3-5-9-18)26(2,17-29)21(25)11-10-20(30)19(25)16-23(31)28-14-6-7-15-28/h18-22,29-30H,3-17H2,1-2H3,(H,27,32)/t19-,20-,21-,22-,25+,26+/m1/s1. The molecule has 7 heteroatoms. The van der Waals surface area contributed by atoms with Gasteiger partial charge in [-0.25, -0.2) is 4.79 Å². The van der Waals surface area contributed by atoms with E-state index in [0.717, 1.165) is 64.5 Å². The first-order valence-corrected chi connectivity index (χ1v) is 13.3. The van der Waals surface area contributed by atoms with Crippen molar-refractivity contribution in [1.29, 1.82) is 0 Å². The molecule has 0 unspecified atom stereocenters. The summed E-state index contributed by atoms with van der Waals surface area (Å²) in [5, 5.41) is 24.6. The molecule has 7 nitrogen and oxygen atoms in total. The molecule has 3 aliphatic carbocycles. The minimum atomic E-state index is -0.591. The first-order valence-electron chi connectivity index (χ1n) is 13.3. The summed E-state index contributed by atoms with van der Waals surface area (Å²) >= 11 is 0. The maximum Gasteiger partial charge on any atom is 0.407 e. The highest BCUT2D eigenvalue weighted by Gasteiger charge is 2.60. The van der Waals surface area contributed by atoms with E-state index in [2.05, 4.69) is 12.2 Å². The van der Waals surface area contributed by atoms with Crippen molar-refractivity contribution in [2.75, 3.05) is 19.7 Å². The van der Waals surface area contributed by atoms with Crippen molar-refractivity contribution in [3.63, 3.8) is 0 Å². The minimum Gasteiger partial charge on any atom is -0.446 e. The van der Waals surface area contributed by atoms with E-state index in [4.69, 9.17) is 4.74 Å². The van der Waals surface area contributed by atoms with Gasteiger partial charge < -0.3 is 25.2 Å². The summed E-state index contributed by atoms with van der Waals surface area (Å²) in [7, 11) is 0. The number of amides is 2. The molecule has 188 valence electrons. The van der Waals surface area contributed by atoms with Crippen LogP contribution in [0.3, 0.4) is 0 Å². The number of nitrogens with one attached hydrogen (secondary N) is 1. The predicted octanol–water partition coefficient (Wildman–Crippen LogP) is 3.61. The molecule has 3 N–H and O–H groups in total. The number of hydrogen-bond donors (Lipinski definition) is 3. The van der Waals surface area contributed by atoms with E-state index in [1.165, 1.54) is 6.42 Å². The first kappa shape index (κ1) is 24.8. The van der Waals surface area contributed by atoms with E-state index in [1.807, 2.05) is 11.8 Å². The second-order valence-electron chi connectivity index (χ2n) is 11.7. The number of carbonyl (C=O) groups is 2. The number of ether oxygens (including phenoxy) is 1. The van der Waals surface area contributed by atoms with Crippen molar-refractivity contribution in [3.05, 3.63) is 0 Å². The van der Waals surface area contributed by atoms with E-state index in [9.17, 15) is 19.8 Å². The molecule has 0 aromatic carbocycles. The molecule has 4 rings (SSSR count). The number of fused-ring (bicyclic) bond motifs is 1. The lowest BCUT2D eigenvalue weighted by Crippen LogP contribution is -2.61. The molecule has 1 saturated heterocycles. The monoisotopic (exact) mass is 464 g/mol. The Morgan fingerprint density at radius 3 is 2.36 bits per heavy atom. The van der Waals surface area contributed by atoms with Crippen LogP contribution in [-0.4, -0.2) is 65.1 Å². The fourth-order valence-electron chi connectivity index (χ4n) is 7.64. The topological polar surface area (TPSA) is 99.1 Å². The average Bonchev–Trinajstić information content (AvgIpc) is 3.34. The molecule has 4 aliphatic rings. The summed E-state index contributed by atoms with van der Waals surface area (Å²) in [4.78, 5) is 27.7. The zero-order chi connectivity index (χ0) is 23.6. The highest BCUT2D eigenvalue weighted by molar-refractivity contribution is 5.77. The molecule has 3 saturated carbocycles. The van der Waals surface area contributed by atoms with Crippen LogP contribution in [0.15, 0.2) is 0 Å². The molecule has 1 aliphatic heterocycles. The molecular formula is C26H44N2O5. The van der Waals surface area contributed by atoms with Crippen molar-refractivity contribution in [2.45, 2.75) is 109 Å². The molecule has 1 heterocycles. The highest BCUT2D eigenvalue weighted by atomic mass is 16.6. The number of likely N-dealkylation sites (tertiary alicyclic amines) is 1. The summed E-state index contributed by atoms with van der Waals surface area (Å²) in [6.07, 6.45) is 9.57.